The molecule has 0 radical (unpaired) electrons. The van der Waals surface area contributed by atoms with E-state index in [9.17, 15) is 4.39 Å². The van der Waals surface area contributed by atoms with E-state index in [-0.39, 0.29) is 5.83 Å². The monoisotopic (exact) mass is 212 g/mol. The van der Waals surface area contributed by atoms with E-state index in [0.29, 0.717) is 5.56 Å². The first-order valence-electron chi connectivity index (χ1n) is 5.25. The van der Waals surface area contributed by atoms with Gasteiger partial charge in [0, 0.05) is 5.56 Å². The molecule has 80 valence electrons. The molecule has 0 spiro atoms. The van der Waals surface area contributed by atoms with Crippen molar-refractivity contribution >= 4 is 11.9 Å². The van der Waals surface area contributed by atoms with Gasteiger partial charge in [0.25, 0.3) is 0 Å². The van der Waals surface area contributed by atoms with Crippen LogP contribution < -0.4 is 0 Å². The summed E-state index contributed by atoms with van der Waals surface area (Å²) in [5.41, 5.74) is 2.63. The number of aryl methyl sites for hydroxylation is 1. The molecule has 0 N–H and O–H groups in total. The Morgan fingerprint density at radius 3 is 2.19 bits per heavy atom. The van der Waals surface area contributed by atoms with E-state index in [4.69, 9.17) is 0 Å². The third-order valence-electron chi connectivity index (χ3n) is 2.42. The molecule has 0 bridgehead atoms. The highest BCUT2D eigenvalue weighted by Crippen LogP contribution is 2.19. The molecular weight excluding hydrogens is 199 g/mol. The number of halogens is 1. The summed E-state index contributed by atoms with van der Waals surface area (Å²) in [4.78, 5) is 0. The summed E-state index contributed by atoms with van der Waals surface area (Å²) < 4.78 is 13.8. The minimum absolute atomic E-state index is 0.203. The molecule has 0 aliphatic carbocycles. The zero-order chi connectivity index (χ0) is 11.4. The topological polar surface area (TPSA) is 0 Å². The summed E-state index contributed by atoms with van der Waals surface area (Å²) in [6.07, 6.45) is 1.55. The summed E-state index contributed by atoms with van der Waals surface area (Å²) in [5, 5.41) is 0. The van der Waals surface area contributed by atoms with Gasteiger partial charge in [0.2, 0.25) is 0 Å². The van der Waals surface area contributed by atoms with Gasteiger partial charge in [0.05, 0.1) is 0 Å². The van der Waals surface area contributed by atoms with Gasteiger partial charge >= 0.3 is 0 Å². The smallest absolute Gasteiger partial charge is 0.131 e. The van der Waals surface area contributed by atoms with Gasteiger partial charge in [-0.2, -0.15) is 0 Å². The van der Waals surface area contributed by atoms with Crippen LogP contribution in [0.4, 0.5) is 4.39 Å². The maximum atomic E-state index is 13.8. The maximum absolute atomic E-state index is 13.8. The molecule has 2 rings (SSSR count). The molecule has 0 amide bonds. The summed E-state index contributed by atoms with van der Waals surface area (Å²) in [7, 11) is 0. The molecule has 0 heterocycles. The molecule has 0 nitrogen and oxygen atoms in total. The quantitative estimate of drug-likeness (QED) is 0.644. The van der Waals surface area contributed by atoms with Crippen molar-refractivity contribution in [3.05, 3.63) is 71.3 Å². The summed E-state index contributed by atoms with van der Waals surface area (Å²) >= 11 is 0. The Morgan fingerprint density at radius 2 is 1.56 bits per heavy atom. The van der Waals surface area contributed by atoms with Crippen LogP contribution in [0.3, 0.4) is 0 Å². The molecule has 0 aliphatic rings. The van der Waals surface area contributed by atoms with Crippen LogP contribution in [-0.2, 0) is 0 Å². The third-order valence-corrected chi connectivity index (χ3v) is 2.42. The Balaban J connectivity index is 2.28. The van der Waals surface area contributed by atoms with Gasteiger partial charge in [-0.15, -0.1) is 0 Å². The van der Waals surface area contributed by atoms with Gasteiger partial charge in [-0.1, -0.05) is 60.2 Å². The lowest BCUT2D eigenvalue weighted by Gasteiger charge is -1.99. The highest BCUT2D eigenvalue weighted by molar-refractivity contribution is 5.76. The van der Waals surface area contributed by atoms with Crippen LogP contribution in [0, 0.1) is 6.92 Å². The number of hydrogen-bond donors (Lipinski definition) is 0. The lowest BCUT2D eigenvalue weighted by molar-refractivity contribution is 0.765. The molecule has 2 aromatic carbocycles. The van der Waals surface area contributed by atoms with Crippen molar-refractivity contribution in [2.45, 2.75) is 6.92 Å². The van der Waals surface area contributed by atoms with Crippen LogP contribution in [0.25, 0.3) is 11.9 Å². The van der Waals surface area contributed by atoms with Crippen molar-refractivity contribution in [1.82, 2.24) is 0 Å². The van der Waals surface area contributed by atoms with Crippen molar-refractivity contribution in [1.29, 1.82) is 0 Å². The fraction of sp³-hybridized carbons (Fsp3) is 0.0667. The first-order chi connectivity index (χ1) is 7.75. The average molecular weight is 212 g/mol. The Bertz CT molecular complexity index is 481. The predicted molar refractivity (Wildman–Crippen MR) is 66.6 cm³/mol. The van der Waals surface area contributed by atoms with E-state index in [1.54, 1.807) is 18.2 Å². The predicted octanol–water partition coefficient (Wildman–Crippen LogP) is 4.46. The molecule has 1 heteroatoms. The summed E-state index contributed by atoms with van der Waals surface area (Å²) in [6, 6.07) is 16.9. The molecule has 2 aromatic rings. The highest BCUT2D eigenvalue weighted by Gasteiger charge is 1.99. The minimum atomic E-state index is -0.203. The highest BCUT2D eigenvalue weighted by atomic mass is 19.1. The zero-order valence-corrected chi connectivity index (χ0v) is 9.15. The first-order valence-corrected chi connectivity index (χ1v) is 5.25. The van der Waals surface area contributed by atoms with Gasteiger partial charge in [-0.25, -0.2) is 4.39 Å². The van der Waals surface area contributed by atoms with Crippen LogP contribution in [-0.4, -0.2) is 0 Å². The Morgan fingerprint density at radius 1 is 0.938 bits per heavy atom. The Hall–Kier alpha value is -1.89. The Labute approximate surface area is 95.1 Å². The van der Waals surface area contributed by atoms with Gasteiger partial charge in [0.1, 0.15) is 5.83 Å². The standard InChI is InChI=1S/C15H13F/c1-12-7-9-14(10-8-12)15(16)11-13-5-3-2-4-6-13/h2-11H,1H3/b15-11+. The van der Waals surface area contributed by atoms with E-state index in [1.165, 1.54) is 0 Å². The van der Waals surface area contributed by atoms with Gasteiger partial charge in [-0.3, -0.25) is 0 Å². The average Bonchev–Trinajstić information content (AvgIpc) is 2.31. The molecule has 16 heavy (non-hydrogen) atoms. The second kappa shape index (κ2) is 4.75. The fourth-order valence-electron chi connectivity index (χ4n) is 1.49. The second-order valence-corrected chi connectivity index (χ2v) is 3.77. The van der Waals surface area contributed by atoms with Crippen LogP contribution in [0.15, 0.2) is 54.6 Å². The molecule has 0 saturated carbocycles. The van der Waals surface area contributed by atoms with Gasteiger partial charge in [-0.05, 0) is 18.6 Å². The van der Waals surface area contributed by atoms with Crippen molar-refractivity contribution < 1.29 is 4.39 Å². The molecule has 0 atom stereocenters. The molecule has 0 unspecified atom stereocenters. The number of benzene rings is 2. The molecule has 0 saturated heterocycles. The zero-order valence-electron chi connectivity index (χ0n) is 9.15. The molecule has 0 aromatic heterocycles. The Kier molecular flexibility index (Phi) is 3.16. The van der Waals surface area contributed by atoms with Crippen molar-refractivity contribution in [3.8, 4) is 0 Å². The van der Waals surface area contributed by atoms with E-state index in [0.717, 1.165) is 11.1 Å². The fourth-order valence-corrected chi connectivity index (χ4v) is 1.49. The summed E-state index contributed by atoms with van der Waals surface area (Å²) in [5.74, 6) is -0.203. The summed E-state index contributed by atoms with van der Waals surface area (Å²) in [6.45, 7) is 1.99. The molecule has 0 fully saturated rings. The number of rotatable bonds is 2. The largest absolute Gasteiger partial charge is 0.206 e. The van der Waals surface area contributed by atoms with E-state index >= 15 is 0 Å². The SMILES string of the molecule is Cc1ccc(/C(F)=C\c2ccccc2)cc1. The van der Waals surface area contributed by atoms with Crippen LogP contribution in [0.2, 0.25) is 0 Å². The van der Waals surface area contributed by atoms with Gasteiger partial charge in [0.15, 0.2) is 0 Å². The third kappa shape index (κ3) is 2.57. The maximum Gasteiger partial charge on any atom is 0.131 e. The second-order valence-electron chi connectivity index (χ2n) is 3.77. The van der Waals surface area contributed by atoms with Crippen molar-refractivity contribution in [2.75, 3.05) is 0 Å². The van der Waals surface area contributed by atoms with E-state index in [2.05, 4.69) is 0 Å². The minimum Gasteiger partial charge on any atom is -0.206 e. The normalized spacial score (nSPS) is 11.5. The van der Waals surface area contributed by atoms with Crippen molar-refractivity contribution in [3.63, 3.8) is 0 Å². The van der Waals surface area contributed by atoms with Crippen LogP contribution in [0.1, 0.15) is 16.7 Å². The van der Waals surface area contributed by atoms with Crippen molar-refractivity contribution in [2.24, 2.45) is 0 Å². The van der Waals surface area contributed by atoms with Crippen LogP contribution >= 0.6 is 0 Å². The van der Waals surface area contributed by atoms with E-state index < -0.39 is 0 Å². The first kappa shape index (κ1) is 10.6. The van der Waals surface area contributed by atoms with E-state index in [1.807, 2.05) is 49.4 Å². The molecular formula is C15H13F. The lowest BCUT2D eigenvalue weighted by Crippen LogP contribution is -1.79. The number of hydrogen-bond acceptors (Lipinski definition) is 0. The molecule has 0 aliphatic heterocycles. The van der Waals surface area contributed by atoms with Gasteiger partial charge < -0.3 is 0 Å². The van der Waals surface area contributed by atoms with Crippen LogP contribution in [0.5, 0.6) is 0 Å². The lowest BCUT2D eigenvalue weighted by atomic mass is 10.1.